The third-order valence-corrected chi connectivity index (χ3v) is 6.88. The van der Waals surface area contributed by atoms with Crippen LogP contribution in [0, 0.1) is 5.82 Å². The van der Waals surface area contributed by atoms with Crippen molar-refractivity contribution in [2.75, 3.05) is 26.9 Å². The molecule has 166 valence electrons. The number of H-pyrrole nitrogens is 2. The van der Waals surface area contributed by atoms with Gasteiger partial charge in [-0.1, -0.05) is 18.2 Å². The summed E-state index contributed by atoms with van der Waals surface area (Å²) in [5, 5.41) is 0.0996. The van der Waals surface area contributed by atoms with Crippen molar-refractivity contribution in [2.24, 2.45) is 0 Å². The fourth-order valence-corrected chi connectivity index (χ4v) is 4.41. The fourth-order valence-electron chi connectivity index (χ4n) is 3.51. The van der Waals surface area contributed by atoms with Crippen LogP contribution in [0.25, 0.3) is 33.4 Å². The minimum absolute atomic E-state index is 0.0679. The van der Waals surface area contributed by atoms with Gasteiger partial charge in [-0.3, -0.25) is 9.78 Å². The van der Waals surface area contributed by atoms with Gasteiger partial charge in [-0.2, -0.15) is 4.98 Å². The number of halogens is 1. The molecule has 4 aromatic rings. The third-order valence-electron chi connectivity index (χ3n) is 5.05. The van der Waals surface area contributed by atoms with Crippen LogP contribution >= 0.6 is 0 Å². The number of hydrogen-bond donors (Lipinski definition) is 3. The molecule has 0 amide bonds. The zero-order chi connectivity index (χ0) is 23.2. The van der Waals surface area contributed by atoms with E-state index < -0.39 is 21.4 Å². The van der Waals surface area contributed by atoms with Gasteiger partial charge in [0, 0.05) is 19.7 Å². The molecule has 0 unspecified atom stereocenters. The molecule has 0 saturated carbocycles. The Balaban J connectivity index is 2.05. The molecule has 2 heterocycles. The summed E-state index contributed by atoms with van der Waals surface area (Å²) in [6.07, 6.45) is 0. The van der Waals surface area contributed by atoms with Gasteiger partial charge < -0.3 is 15.5 Å². The number of benzene rings is 2. The molecule has 0 bridgehead atoms. The number of anilines is 1. The quantitative estimate of drug-likeness (QED) is 0.422. The van der Waals surface area contributed by atoms with Gasteiger partial charge in [0.2, 0.25) is 16.0 Å². The van der Waals surface area contributed by atoms with Crippen LogP contribution in [0.2, 0.25) is 0 Å². The number of nitrogens with two attached hydrogens (primary N) is 1. The van der Waals surface area contributed by atoms with Gasteiger partial charge in [-0.25, -0.2) is 17.1 Å². The number of ether oxygens (including phenoxy) is 1. The number of nitrogens with zero attached hydrogens (tertiary/aromatic N) is 2. The van der Waals surface area contributed by atoms with Crippen molar-refractivity contribution in [1.29, 1.82) is 0 Å². The molecule has 11 heteroatoms. The maximum Gasteiger partial charge on any atom is 0.262 e. The zero-order valence-electron chi connectivity index (χ0n) is 17.4. The van der Waals surface area contributed by atoms with Crippen molar-refractivity contribution in [1.82, 2.24) is 19.3 Å². The van der Waals surface area contributed by atoms with Crippen molar-refractivity contribution in [2.45, 2.75) is 4.90 Å². The molecule has 0 atom stereocenters. The maximum atomic E-state index is 15.0. The first kappa shape index (κ1) is 21.5. The van der Waals surface area contributed by atoms with Crippen LogP contribution in [0.3, 0.4) is 0 Å². The van der Waals surface area contributed by atoms with Crippen LogP contribution in [0.15, 0.2) is 52.2 Å². The van der Waals surface area contributed by atoms with Gasteiger partial charge in [-0.15, -0.1) is 0 Å². The van der Waals surface area contributed by atoms with Crippen LogP contribution in [-0.4, -0.2) is 48.9 Å². The number of rotatable bonds is 5. The number of nitrogen functional groups attached to an aromatic ring is 1. The van der Waals surface area contributed by atoms with Gasteiger partial charge in [0.15, 0.2) is 0 Å². The van der Waals surface area contributed by atoms with Gasteiger partial charge in [0.05, 0.1) is 28.6 Å². The Morgan fingerprint density at radius 3 is 2.38 bits per heavy atom. The van der Waals surface area contributed by atoms with Gasteiger partial charge >= 0.3 is 0 Å². The van der Waals surface area contributed by atoms with E-state index in [1.165, 1.54) is 45.5 Å². The van der Waals surface area contributed by atoms with E-state index in [1.807, 2.05) is 0 Å². The van der Waals surface area contributed by atoms with Crippen LogP contribution in [-0.2, 0) is 10.0 Å². The first-order valence-electron chi connectivity index (χ1n) is 9.42. The average molecular weight is 457 g/mol. The highest BCUT2D eigenvalue weighted by molar-refractivity contribution is 7.89. The number of aromatic amines is 2. The zero-order valence-corrected chi connectivity index (χ0v) is 18.2. The minimum atomic E-state index is -3.63. The van der Waals surface area contributed by atoms with E-state index in [0.29, 0.717) is 11.3 Å². The number of fused-ring (bicyclic) bond motifs is 1. The first-order chi connectivity index (χ1) is 15.1. The van der Waals surface area contributed by atoms with E-state index in [9.17, 15) is 13.2 Å². The summed E-state index contributed by atoms with van der Waals surface area (Å²) < 4.78 is 46.3. The van der Waals surface area contributed by atoms with Crippen molar-refractivity contribution in [3.8, 4) is 28.1 Å². The molecular formula is C21H20FN5O4S. The second kappa shape index (κ2) is 7.77. The van der Waals surface area contributed by atoms with Crippen molar-refractivity contribution in [3.63, 3.8) is 0 Å². The molecule has 4 N–H and O–H groups in total. The van der Waals surface area contributed by atoms with E-state index in [1.54, 1.807) is 18.2 Å². The van der Waals surface area contributed by atoms with Gasteiger partial charge in [0.25, 0.3) is 5.56 Å². The Bertz CT molecular complexity index is 1490. The Hall–Kier alpha value is -3.70. The Kier molecular flexibility index (Phi) is 5.23. The van der Waals surface area contributed by atoms with E-state index in [2.05, 4.69) is 15.0 Å². The van der Waals surface area contributed by atoms with Crippen LogP contribution in [0.5, 0.6) is 5.75 Å². The minimum Gasteiger partial charge on any atom is -0.496 e. The lowest BCUT2D eigenvalue weighted by Crippen LogP contribution is -2.22. The summed E-state index contributed by atoms with van der Waals surface area (Å²) >= 11 is 0. The number of aromatic nitrogens is 3. The molecule has 4 rings (SSSR count). The molecule has 0 aliphatic carbocycles. The van der Waals surface area contributed by atoms with E-state index in [0.717, 1.165) is 4.31 Å². The molecule has 0 aliphatic heterocycles. The maximum absolute atomic E-state index is 15.0. The second-order valence-electron chi connectivity index (χ2n) is 7.18. The molecule has 32 heavy (non-hydrogen) atoms. The number of hydrogen-bond acceptors (Lipinski definition) is 6. The van der Waals surface area contributed by atoms with Gasteiger partial charge in [0.1, 0.15) is 17.2 Å². The topological polar surface area (TPSA) is 134 Å². The largest absolute Gasteiger partial charge is 0.496 e. The predicted octanol–water partition coefficient (Wildman–Crippen LogP) is 2.57. The summed E-state index contributed by atoms with van der Waals surface area (Å²) in [5.41, 5.74) is 6.46. The van der Waals surface area contributed by atoms with Crippen LogP contribution in [0.4, 0.5) is 10.3 Å². The van der Waals surface area contributed by atoms with Crippen LogP contribution < -0.4 is 16.0 Å². The molecule has 2 aromatic carbocycles. The molecule has 0 fully saturated rings. The predicted molar refractivity (Wildman–Crippen MR) is 119 cm³/mol. The Morgan fingerprint density at radius 1 is 1.06 bits per heavy atom. The molecule has 0 saturated heterocycles. The molecule has 0 radical (unpaired) electrons. The lowest BCUT2D eigenvalue weighted by Gasteiger charge is -2.13. The highest BCUT2D eigenvalue weighted by Gasteiger charge is 2.25. The Labute approximate surface area is 182 Å². The van der Waals surface area contributed by atoms with Crippen LogP contribution in [0.1, 0.15) is 0 Å². The Morgan fingerprint density at radius 2 is 1.75 bits per heavy atom. The first-order valence-corrected chi connectivity index (χ1v) is 10.9. The smallest absolute Gasteiger partial charge is 0.262 e. The summed E-state index contributed by atoms with van der Waals surface area (Å²) in [6.45, 7) is 0. The summed E-state index contributed by atoms with van der Waals surface area (Å²) in [5.74, 6) is -0.487. The third kappa shape index (κ3) is 3.41. The van der Waals surface area contributed by atoms with E-state index >= 15 is 4.39 Å². The fraction of sp³-hybridized carbons (Fsp3) is 0.143. The van der Waals surface area contributed by atoms with Crippen molar-refractivity contribution < 1.29 is 17.5 Å². The number of nitrogens with one attached hydrogen (secondary N) is 2. The molecule has 0 aliphatic rings. The number of sulfonamides is 1. The summed E-state index contributed by atoms with van der Waals surface area (Å²) in [6, 6.07) is 10.3. The standard InChI is InChI=1S/C21H20FN5O4S/c1-27(2)32(29,30)12-9-7-11(8-10-12)18-16(15-13(22)5-4-6-14(15)31-3)17-19(24-18)25-21(23)26-20(17)28/h4-10H,1-3H3,(H4,23,24,25,26,28). The number of methoxy groups -OCH3 is 1. The normalized spacial score (nSPS) is 11.9. The SMILES string of the molecule is COc1cccc(F)c1-c1c(-c2ccc(S(=O)(=O)N(C)C)cc2)[nH]c2nc(N)[nH]c(=O)c12. The lowest BCUT2D eigenvalue weighted by molar-refractivity contribution is 0.413. The highest BCUT2D eigenvalue weighted by atomic mass is 32.2. The van der Waals surface area contributed by atoms with Crippen molar-refractivity contribution >= 4 is 27.0 Å². The van der Waals surface area contributed by atoms with E-state index in [-0.39, 0.29) is 38.8 Å². The molecule has 2 aromatic heterocycles. The van der Waals surface area contributed by atoms with Crippen molar-refractivity contribution in [3.05, 3.63) is 58.6 Å². The second-order valence-corrected chi connectivity index (χ2v) is 9.33. The molecule has 9 nitrogen and oxygen atoms in total. The summed E-state index contributed by atoms with van der Waals surface area (Å²) in [7, 11) is 0.636. The lowest BCUT2D eigenvalue weighted by atomic mass is 9.98. The summed E-state index contributed by atoms with van der Waals surface area (Å²) in [4.78, 5) is 22.4. The molecular weight excluding hydrogens is 437 g/mol. The average Bonchev–Trinajstić information content (AvgIpc) is 3.12. The van der Waals surface area contributed by atoms with Gasteiger partial charge in [-0.05, 0) is 29.8 Å². The highest BCUT2D eigenvalue weighted by Crippen LogP contribution is 2.42. The monoisotopic (exact) mass is 457 g/mol. The van der Waals surface area contributed by atoms with E-state index in [4.69, 9.17) is 10.5 Å². The molecule has 0 spiro atoms.